The number of unbranched alkanes of at least 4 members (excludes halogenated alkanes) is 3. The minimum atomic E-state index is -4.50. The van der Waals surface area contributed by atoms with Crippen molar-refractivity contribution >= 4 is 46.3 Å². The number of halogens is 3. The van der Waals surface area contributed by atoms with Crippen LogP contribution in [0.25, 0.3) is 32.5 Å². The lowest BCUT2D eigenvalue weighted by molar-refractivity contribution is -0.144. The van der Waals surface area contributed by atoms with Gasteiger partial charge in [0.05, 0.1) is 50.3 Å². The van der Waals surface area contributed by atoms with Gasteiger partial charge in [0.25, 0.3) is 17.0 Å². The molecular formula is C61H65F3N10O7S2. The second-order valence-corrected chi connectivity index (χ2v) is 23.6. The lowest BCUT2D eigenvalue weighted by Gasteiger charge is -2.35. The minimum Gasteiger partial charge on any atom is -0.391 e. The Labute approximate surface area is 485 Å². The van der Waals surface area contributed by atoms with Gasteiger partial charge in [0, 0.05) is 66.3 Å². The molecule has 8 aromatic rings. The molecule has 0 bridgehead atoms. The Kier molecular flexibility index (Phi) is 18.0. The zero-order valence-corrected chi connectivity index (χ0v) is 48.4. The number of para-hydroxylation sites is 1. The number of H-pyrrole nitrogens is 2. The summed E-state index contributed by atoms with van der Waals surface area (Å²) in [4.78, 5) is 94.9. The Morgan fingerprint density at radius 3 is 2.05 bits per heavy atom. The molecule has 17 nitrogen and oxygen atoms in total. The highest BCUT2D eigenvalue weighted by Crippen LogP contribution is 2.35. The quantitative estimate of drug-likeness (QED) is 0.0399. The lowest BCUT2D eigenvalue weighted by atomic mass is 9.85. The number of hydrogen-bond donors (Lipinski definition) is 6. The van der Waals surface area contributed by atoms with Crippen LogP contribution in [0.5, 0.6) is 0 Å². The first kappa shape index (κ1) is 59.4. The fraction of sp³-hybridized carbons (Fsp3) is 0.344. The molecule has 0 spiro atoms. The Balaban J connectivity index is 0.793. The standard InChI is InChI=1S/C61H65F3N10O7S2/c1-35-49(56(79)73(70-35)44-14-10-9-11-15-44)51(50-36(2)71-74(57(50)80)59-68-46(33-82-59)39-25-27-43(28-26-39)61(62,63)64)40-21-23-42(24-22-40)54(77)65-29-13-8-7-12-16-48(76)69-53(60(4,5)6)58(81)72-32-45(75)30-47(72)55(78)66-31-38-17-19-41(20-18-38)52-37(3)67-34-83-52/h9-11,14-15,17-28,33-34,45,47,51,53,70-71,75H,7-8,12-13,16,29-32H2,1-6H3,(H,65,77)(H,66,78)(H,69,76)/t45-,47+,51?,53-/m1/s1. The van der Waals surface area contributed by atoms with Gasteiger partial charge in [0.2, 0.25) is 22.9 Å². The zero-order chi connectivity index (χ0) is 59.3. The number of aromatic nitrogens is 6. The summed E-state index contributed by atoms with van der Waals surface area (Å²) >= 11 is 2.68. The number of nitrogens with zero attached hydrogens (tertiary/aromatic N) is 5. The Hall–Kier alpha value is -8.21. The largest absolute Gasteiger partial charge is 0.416 e. The number of likely N-dealkylation sites (tertiary alicyclic amines) is 1. The summed E-state index contributed by atoms with van der Waals surface area (Å²) < 4.78 is 42.5. The Bertz CT molecular complexity index is 3730. The van der Waals surface area contributed by atoms with Crippen LogP contribution in [0.2, 0.25) is 0 Å². The number of alkyl halides is 3. The van der Waals surface area contributed by atoms with Gasteiger partial charge < -0.3 is 26.0 Å². The number of aliphatic hydroxyl groups excluding tert-OH is 1. The molecule has 9 rings (SSSR count). The van der Waals surface area contributed by atoms with Gasteiger partial charge in [0.1, 0.15) is 12.1 Å². The first-order valence-corrected chi connectivity index (χ1v) is 29.1. The lowest BCUT2D eigenvalue weighted by Crippen LogP contribution is -2.57. The van der Waals surface area contributed by atoms with Gasteiger partial charge in [-0.05, 0) is 92.1 Å². The second kappa shape index (κ2) is 25.1. The maximum absolute atomic E-state index is 14.6. The second-order valence-electron chi connectivity index (χ2n) is 21.9. The average Bonchev–Trinajstić information content (AvgIpc) is 2.86. The van der Waals surface area contributed by atoms with Crippen molar-refractivity contribution in [1.82, 2.24) is 50.4 Å². The Morgan fingerprint density at radius 1 is 0.771 bits per heavy atom. The topological polar surface area (TPSA) is 229 Å². The number of hydrogen-bond acceptors (Lipinski definition) is 11. The van der Waals surface area contributed by atoms with Gasteiger partial charge in [-0.1, -0.05) is 100 Å². The van der Waals surface area contributed by atoms with Crippen molar-refractivity contribution in [2.24, 2.45) is 5.41 Å². The summed E-state index contributed by atoms with van der Waals surface area (Å²) in [6.07, 6.45) is -2.63. The smallest absolute Gasteiger partial charge is 0.391 e. The Morgan fingerprint density at radius 2 is 1.41 bits per heavy atom. The van der Waals surface area contributed by atoms with E-state index >= 15 is 0 Å². The third-order valence-electron chi connectivity index (χ3n) is 14.9. The molecule has 4 aromatic heterocycles. The predicted octanol–water partition coefficient (Wildman–Crippen LogP) is 9.51. The van der Waals surface area contributed by atoms with E-state index in [0.717, 1.165) is 45.2 Å². The highest BCUT2D eigenvalue weighted by Gasteiger charge is 2.44. The molecule has 1 saturated heterocycles. The van der Waals surface area contributed by atoms with Crippen LogP contribution in [0.1, 0.15) is 120 Å². The molecule has 83 heavy (non-hydrogen) atoms. The molecule has 0 saturated carbocycles. The van der Waals surface area contributed by atoms with Crippen LogP contribution in [0, 0.1) is 26.2 Å². The first-order chi connectivity index (χ1) is 39.6. The molecular weight excluding hydrogens is 1110 g/mol. The third kappa shape index (κ3) is 13.5. The molecule has 1 fully saturated rings. The predicted molar refractivity (Wildman–Crippen MR) is 313 cm³/mol. The summed E-state index contributed by atoms with van der Waals surface area (Å²) in [6, 6.07) is 26.2. The first-order valence-electron chi connectivity index (χ1n) is 27.3. The average molecular weight is 1170 g/mol. The van der Waals surface area contributed by atoms with E-state index in [0.29, 0.717) is 77.3 Å². The molecule has 0 radical (unpaired) electrons. The molecule has 4 amide bonds. The van der Waals surface area contributed by atoms with Crippen LogP contribution in [-0.4, -0.2) is 94.4 Å². The number of aliphatic hydroxyl groups is 1. The molecule has 0 aliphatic carbocycles. The number of carbonyl (C=O) groups excluding carboxylic acids is 4. The van der Waals surface area contributed by atoms with Crippen LogP contribution in [-0.2, 0) is 27.1 Å². The fourth-order valence-corrected chi connectivity index (χ4v) is 12.0. The molecule has 5 heterocycles. The van der Waals surface area contributed by atoms with Gasteiger partial charge >= 0.3 is 6.18 Å². The number of rotatable bonds is 20. The molecule has 6 N–H and O–H groups in total. The monoisotopic (exact) mass is 1170 g/mol. The van der Waals surface area contributed by atoms with E-state index in [2.05, 4.69) is 36.1 Å². The normalized spacial score (nSPS) is 15.3. The molecule has 22 heteroatoms. The van der Waals surface area contributed by atoms with E-state index in [9.17, 15) is 47.0 Å². The van der Waals surface area contributed by atoms with Gasteiger partial charge in [-0.25, -0.2) is 14.6 Å². The van der Waals surface area contributed by atoms with E-state index in [1.165, 1.54) is 26.4 Å². The van der Waals surface area contributed by atoms with E-state index < -0.39 is 52.7 Å². The van der Waals surface area contributed by atoms with Gasteiger partial charge in [0.15, 0.2) is 0 Å². The van der Waals surface area contributed by atoms with Crippen molar-refractivity contribution in [3.05, 3.63) is 185 Å². The van der Waals surface area contributed by atoms with Gasteiger partial charge in [-0.15, -0.1) is 22.7 Å². The van der Waals surface area contributed by atoms with E-state index in [-0.39, 0.29) is 59.9 Å². The maximum atomic E-state index is 14.6. The van der Waals surface area contributed by atoms with E-state index in [1.54, 1.807) is 84.6 Å². The number of nitrogens with one attached hydrogen (secondary N) is 5. The molecule has 1 aliphatic heterocycles. The molecule has 1 aliphatic rings. The molecule has 434 valence electrons. The number of amides is 4. The highest BCUT2D eigenvalue weighted by molar-refractivity contribution is 7.13. The van der Waals surface area contributed by atoms with Crippen LogP contribution >= 0.6 is 22.7 Å². The van der Waals surface area contributed by atoms with Gasteiger partial charge in [-0.3, -0.25) is 39.0 Å². The van der Waals surface area contributed by atoms with Crippen LogP contribution in [0.15, 0.2) is 124 Å². The SMILES string of the molecule is Cc1ncsc1-c1ccc(CNC(=O)[C@@H]2C[C@@H](O)CN2C(=O)[C@@H](NC(=O)CCCCCCNC(=O)c2ccc(C(c3c(C)[nH]n(-c4ccccc4)c3=O)c3c(C)[nH]n(-c4nc(-c5ccc(C(F)(F)F)cc5)cs4)c3=O)cc2)C(C)(C)C)cc1. The van der Waals surface area contributed by atoms with Crippen molar-refractivity contribution in [1.29, 1.82) is 0 Å². The summed E-state index contributed by atoms with van der Waals surface area (Å²) in [6.45, 7) is 11.5. The highest BCUT2D eigenvalue weighted by atomic mass is 32.1. The van der Waals surface area contributed by atoms with Gasteiger partial charge in [-0.2, -0.15) is 17.9 Å². The van der Waals surface area contributed by atoms with Crippen molar-refractivity contribution in [2.45, 2.75) is 117 Å². The minimum absolute atomic E-state index is 0.0331. The number of carbonyl (C=O) groups is 4. The van der Waals surface area contributed by atoms with E-state index in [4.69, 9.17) is 0 Å². The number of aryl methyl sites for hydroxylation is 3. The summed E-state index contributed by atoms with van der Waals surface area (Å²) in [7, 11) is 0. The number of thiazole rings is 2. The van der Waals surface area contributed by atoms with Crippen molar-refractivity contribution in [3.8, 4) is 32.5 Å². The van der Waals surface area contributed by atoms with Crippen LogP contribution < -0.4 is 27.1 Å². The molecule has 4 aromatic carbocycles. The third-order valence-corrected chi connectivity index (χ3v) is 16.7. The summed E-state index contributed by atoms with van der Waals surface area (Å²) in [5.74, 6) is -2.39. The number of aromatic amines is 2. The maximum Gasteiger partial charge on any atom is 0.416 e. The fourth-order valence-electron chi connectivity index (χ4n) is 10.4. The van der Waals surface area contributed by atoms with Crippen LogP contribution in [0.4, 0.5) is 13.2 Å². The molecule has 4 atom stereocenters. The van der Waals surface area contributed by atoms with Crippen LogP contribution in [0.3, 0.4) is 0 Å². The van der Waals surface area contributed by atoms with Crippen molar-refractivity contribution < 1.29 is 37.5 Å². The number of β-amino-alcohol motifs (C(OH)–C–C–N with tert-alkyl or cyclic N) is 1. The van der Waals surface area contributed by atoms with E-state index in [1.807, 2.05) is 58.0 Å². The summed E-state index contributed by atoms with van der Waals surface area (Å²) in [5, 5.41) is 27.6. The van der Waals surface area contributed by atoms with Crippen molar-refractivity contribution in [3.63, 3.8) is 0 Å². The number of benzene rings is 4. The van der Waals surface area contributed by atoms with Crippen molar-refractivity contribution in [2.75, 3.05) is 13.1 Å². The molecule has 1 unspecified atom stereocenters. The summed E-state index contributed by atoms with van der Waals surface area (Å²) in [5.41, 5.74) is 6.06. The zero-order valence-electron chi connectivity index (χ0n) is 46.7.